The van der Waals surface area contributed by atoms with Crippen molar-refractivity contribution in [1.29, 1.82) is 0 Å². The summed E-state index contributed by atoms with van der Waals surface area (Å²) in [5, 5.41) is 16.7. The van der Waals surface area contributed by atoms with Crippen molar-refractivity contribution in [2.75, 3.05) is 20.8 Å². The van der Waals surface area contributed by atoms with Crippen LogP contribution >= 0.6 is 15.9 Å². The van der Waals surface area contributed by atoms with E-state index >= 15 is 0 Å². The minimum atomic E-state index is -0.0136. The summed E-state index contributed by atoms with van der Waals surface area (Å²) in [6, 6.07) is 11.7. The van der Waals surface area contributed by atoms with Crippen LogP contribution in [0.1, 0.15) is 31.0 Å². The number of methoxy groups -OCH3 is 2. The van der Waals surface area contributed by atoms with Gasteiger partial charge in [-0.15, -0.1) is 0 Å². The molecule has 0 fully saturated rings. The highest BCUT2D eigenvalue weighted by atomic mass is 79.9. The lowest BCUT2D eigenvalue weighted by molar-refractivity contribution is 0.339. The third kappa shape index (κ3) is 5.53. The van der Waals surface area contributed by atoms with Crippen LogP contribution in [0.3, 0.4) is 0 Å². The van der Waals surface area contributed by atoms with Crippen molar-refractivity contribution in [3.63, 3.8) is 0 Å². The molecule has 7 heteroatoms. The average Bonchev–Trinajstić information content (AvgIpc) is 2.67. The van der Waals surface area contributed by atoms with E-state index in [9.17, 15) is 5.11 Å². The fourth-order valence-corrected chi connectivity index (χ4v) is 3.27. The number of hydrogen-bond acceptors (Lipinski definition) is 4. The maximum atomic E-state index is 10.0. The summed E-state index contributed by atoms with van der Waals surface area (Å²) in [6.45, 7) is 5.26. The van der Waals surface area contributed by atoms with Gasteiger partial charge in [-0.3, -0.25) is 0 Å². The zero-order valence-corrected chi connectivity index (χ0v) is 17.6. The zero-order chi connectivity index (χ0) is 19.8. The molecule has 3 N–H and O–H groups in total. The number of phenols is 1. The lowest BCUT2D eigenvalue weighted by Crippen LogP contribution is -2.38. The summed E-state index contributed by atoms with van der Waals surface area (Å²) in [5.74, 6) is 1.41. The van der Waals surface area contributed by atoms with Crippen molar-refractivity contribution >= 4 is 21.9 Å². The second-order valence-electron chi connectivity index (χ2n) is 5.93. The average molecular weight is 436 g/mol. The Hall–Kier alpha value is -2.41. The van der Waals surface area contributed by atoms with E-state index in [4.69, 9.17) is 9.47 Å². The van der Waals surface area contributed by atoms with E-state index in [-0.39, 0.29) is 11.8 Å². The molecule has 0 aliphatic rings. The molecule has 0 saturated carbocycles. The Morgan fingerprint density at radius 3 is 2.37 bits per heavy atom. The zero-order valence-electron chi connectivity index (χ0n) is 16.0. The first-order chi connectivity index (χ1) is 13.0. The number of nitrogens with zero attached hydrogens (tertiary/aromatic N) is 1. The molecule has 1 unspecified atom stereocenters. The van der Waals surface area contributed by atoms with Crippen LogP contribution in [0.25, 0.3) is 0 Å². The topological polar surface area (TPSA) is 75.1 Å². The Balaban J connectivity index is 2.19. The number of benzene rings is 2. The van der Waals surface area contributed by atoms with E-state index < -0.39 is 0 Å². The number of halogens is 1. The Labute approximate surface area is 168 Å². The standard InChI is InChI=1S/C20H26BrN3O3/c1-5-22-20(24-13(2)15-8-6-7-9-16(15)21)23-12-14-10-17(26-3)19(25)18(11-14)27-4/h6-11,13,25H,5,12H2,1-4H3,(H2,22,23,24). The van der Waals surface area contributed by atoms with Gasteiger partial charge in [-0.2, -0.15) is 0 Å². The Bertz CT molecular complexity index is 771. The van der Waals surface area contributed by atoms with Crippen LogP contribution in [-0.4, -0.2) is 31.8 Å². The summed E-state index contributed by atoms with van der Waals surface area (Å²) in [7, 11) is 3.01. The molecule has 0 aromatic heterocycles. The smallest absolute Gasteiger partial charge is 0.200 e. The van der Waals surface area contributed by atoms with E-state index in [1.807, 2.05) is 25.1 Å². The van der Waals surface area contributed by atoms with Gasteiger partial charge in [-0.1, -0.05) is 34.1 Å². The summed E-state index contributed by atoms with van der Waals surface area (Å²) in [5.41, 5.74) is 2.02. The number of aromatic hydroxyl groups is 1. The predicted molar refractivity (Wildman–Crippen MR) is 112 cm³/mol. The SMILES string of the molecule is CCNC(=NCc1cc(OC)c(O)c(OC)c1)NC(C)c1ccccc1Br. The molecule has 0 saturated heterocycles. The van der Waals surface area contributed by atoms with Crippen LogP contribution in [0.5, 0.6) is 17.2 Å². The highest BCUT2D eigenvalue weighted by Gasteiger charge is 2.13. The second-order valence-corrected chi connectivity index (χ2v) is 6.79. The van der Waals surface area contributed by atoms with Crippen LogP contribution in [0.15, 0.2) is 45.9 Å². The van der Waals surface area contributed by atoms with Crippen molar-refractivity contribution < 1.29 is 14.6 Å². The first-order valence-electron chi connectivity index (χ1n) is 8.73. The molecular weight excluding hydrogens is 410 g/mol. The lowest BCUT2D eigenvalue weighted by atomic mass is 10.1. The van der Waals surface area contributed by atoms with Gasteiger partial charge >= 0.3 is 0 Å². The molecule has 0 bridgehead atoms. The Morgan fingerprint density at radius 2 is 1.81 bits per heavy atom. The fraction of sp³-hybridized carbons (Fsp3) is 0.350. The maximum absolute atomic E-state index is 10.0. The number of rotatable bonds is 7. The number of phenolic OH excluding ortho intramolecular Hbond substituents is 1. The molecule has 27 heavy (non-hydrogen) atoms. The minimum absolute atomic E-state index is 0.0136. The van der Waals surface area contributed by atoms with E-state index in [0.29, 0.717) is 24.0 Å². The van der Waals surface area contributed by atoms with Crippen molar-refractivity contribution in [2.45, 2.75) is 26.4 Å². The molecule has 0 aliphatic carbocycles. The van der Waals surface area contributed by atoms with Gasteiger partial charge in [-0.25, -0.2) is 4.99 Å². The van der Waals surface area contributed by atoms with Crippen molar-refractivity contribution in [3.05, 3.63) is 52.0 Å². The second kappa shape index (κ2) is 10.1. The Kier molecular flexibility index (Phi) is 7.79. The van der Waals surface area contributed by atoms with E-state index in [1.54, 1.807) is 12.1 Å². The molecular formula is C20H26BrN3O3. The molecule has 1 atom stereocenters. The van der Waals surface area contributed by atoms with Crippen LogP contribution in [-0.2, 0) is 6.54 Å². The lowest BCUT2D eigenvalue weighted by Gasteiger charge is -2.19. The van der Waals surface area contributed by atoms with Crippen LogP contribution in [0, 0.1) is 0 Å². The van der Waals surface area contributed by atoms with Gasteiger partial charge in [0.15, 0.2) is 17.5 Å². The first kappa shape index (κ1) is 20.9. The monoisotopic (exact) mass is 435 g/mol. The third-order valence-corrected chi connectivity index (χ3v) is 4.75. The molecule has 0 amide bonds. The highest BCUT2D eigenvalue weighted by molar-refractivity contribution is 9.10. The van der Waals surface area contributed by atoms with Gasteiger partial charge in [0, 0.05) is 11.0 Å². The van der Waals surface area contributed by atoms with Crippen molar-refractivity contribution in [1.82, 2.24) is 10.6 Å². The maximum Gasteiger partial charge on any atom is 0.200 e. The summed E-state index contributed by atoms with van der Waals surface area (Å²) < 4.78 is 11.5. The van der Waals surface area contributed by atoms with Gasteiger partial charge in [0.1, 0.15) is 0 Å². The van der Waals surface area contributed by atoms with E-state index in [2.05, 4.69) is 44.5 Å². The number of hydrogen-bond donors (Lipinski definition) is 3. The molecule has 2 rings (SSSR count). The molecule has 0 aliphatic heterocycles. The van der Waals surface area contributed by atoms with Gasteiger partial charge in [0.2, 0.25) is 5.75 Å². The largest absolute Gasteiger partial charge is 0.502 e. The molecule has 146 valence electrons. The van der Waals surface area contributed by atoms with Gasteiger partial charge in [-0.05, 0) is 43.2 Å². The summed E-state index contributed by atoms with van der Waals surface area (Å²) >= 11 is 3.59. The summed E-state index contributed by atoms with van der Waals surface area (Å²) in [4.78, 5) is 4.65. The van der Waals surface area contributed by atoms with Gasteiger partial charge in [0.25, 0.3) is 0 Å². The molecule has 0 heterocycles. The predicted octanol–water partition coefficient (Wildman–Crippen LogP) is 3.99. The highest BCUT2D eigenvalue weighted by Crippen LogP contribution is 2.37. The molecule has 2 aromatic carbocycles. The number of guanidine groups is 1. The number of nitrogens with one attached hydrogen (secondary N) is 2. The van der Waals surface area contributed by atoms with Gasteiger partial charge in [0.05, 0.1) is 26.8 Å². The van der Waals surface area contributed by atoms with Gasteiger partial charge < -0.3 is 25.2 Å². The molecule has 6 nitrogen and oxygen atoms in total. The third-order valence-electron chi connectivity index (χ3n) is 4.03. The van der Waals surface area contributed by atoms with E-state index in [1.165, 1.54) is 14.2 Å². The fourth-order valence-electron chi connectivity index (χ4n) is 2.64. The first-order valence-corrected chi connectivity index (χ1v) is 9.52. The number of aliphatic imine (C=N–C) groups is 1. The van der Waals surface area contributed by atoms with E-state index in [0.717, 1.165) is 22.1 Å². The van der Waals surface area contributed by atoms with Crippen LogP contribution < -0.4 is 20.1 Å². The molecule has 0 spiro atoms. The van der Waals surface area contributed by atoms with Crippen LogP contribution in [0.2, 0.25) is 0 Å². The molecule has 0 radical (unpaired) electrons. The number of ether oxygens (including phenoxy) is 2. The minimum Gasteiger partial charge on any atom is -0.502 e. The van der Waals surface area contributed by atoms with Crippen molar-refractivity contribution in [3.8, 4) is 17.2 Å². The quantitative estimate of drug-likeness (QED) is 0.452. The normalized spacial score (nSPS) is 12.4. The summed E-state index contributed by atoms with van der Waals surface area (Å²) in [6.07, 6.45) is 0. The Morgan fingerprint density at radius 1 is 1.19 bits per heavy atom. The van der Waals surface area contributed by atoms with Crippen molar-refractivity contribution in [2.24, 2.45) is 4.99 Å². The molecule has 2 aromatic rings. The van der Waals surface area contributed by atoms with Crippen LogP contribution in [0.4, 0.5) is 0 Å².